The number of rotatable bonds is 7. The van der Waals surface area contributed by atoms with Crippen LogP contribution in [0.2, 0.25) is 0 Å². The minimum absolute atomic E-state index is 0.0903. The Bertz CT molecular complexity index is 1170. The maximum Gasteiger partial charge on any atom is 0.275 e. The first-order valence-electron chi connectivity index (χ1n) is 10.3. The largest absolute Gasteiger partial charge is 0.453 e. The SMILES string of the molecule is CCc1ccc2c(c1)N(C(CC)CC(c1ncccn1)S(=O)(=O)O)c1ccccc1O2. The van der Waals surface area contributed by atoms with Crippen LogP contribution in [0, 0.1) is 0 Å². The third-order valence-electron chi connectivity index (χ3n) is 5.59. The Kier molecular flexibility index (Phi) is 5.93. The van der Waals surface area contributed by atoms with Crippen molar-refractivity contribution >= 4 is 21.5 Å². The van der Waals surface area contributed by atoms with E-state index in [4.69, 9.17) is 4.74 Å². The number of aromatic nitrogens is 2. The number of hydrogen-bond acceptors (Lipinski definition) is 6. The zero-order chi connectivity index (χ0) is 22.0. The molecule has 0 saturated carbocycles. The summed E-state index contributed by atoms with van der Waals surface area (Å²) in [7, 11) is -4.41. The third kappa shape index (κ3) is 4.26. The maximum atomic E-state index is 12.3. The van der Waals surface area contributed by atoms with Gasteiger partial charge in [-0.1, -0.05) is 32.0 Å². The molecular formula is C23H25N3O4S. The Morgan fingerprint density at radius 1 is 1.00 bits per heavy atom. The standard InChI is InChI=1S/C23H25N3O4S/c1-3-16-10-11-21-19(14-16)26(18-8-5-6-9-20(18)30-21)17(4-2)15-22(31(27,28)29)23-24-12-7-13-25-23/h5-14,17,22H,3-4,15H2,1-2H3,(H,27,28,29). The van der Waals surface area contributed by atoms with Gasteiger partial charge in [-0.2, -0.15) is 8.42 Å². The number of fused-ring (bicyclic) bond motifs is 2. The molecule has 0 amide bonds. The second-order valence-corrected chi connectivity index (χ2v) is 9.10. The molecule has 1 aromatic heterocycles. The van der Waals surface area contributed by atoms with Crippen LogP contribution in [0.1, 0.15) is 43.3 Å². The molecule has 0 aliphatic carbocycles. The summed E-state index contributed by atoms with van der Waals surface area (Å²) in [4.78, 5) is 10.3. The van der Waals surface area contributed by atoms with E-state index in [0.29, 0.717) is 17.9 Å². The summed E-state index contributed by atoms with van der Waals surface area (Å²) in [5.74, 6) is 1.51. The predicted molar refractivity (Wildman–Crippen MR) is 119 cm³/mol. The van der Waals surface area contributed by atoms with Gasteiger partial charge < -0.3 is 9.64 Å². The van der Waals surface area contributed by atoms with Gasteiger partial charge in [0.1, 0.15) is 11.1 Å². The Hall–Kier alpha value is -2.97. The molecule has 0 spiro atoms. The van der Waals surface area contributed by atoms with Gasteiger partial charge in [0, 0.05) is 18.4 Å². The van der Waals surface area contributed by atoms with Crippen LogP contribution < -0.4 is 9.64 Å². The second-order valence-electron chi connectivity index (χ2n) is 7.50. The summed E-state index contributed by atoms with van der Waals surface area (Å²) < 4.78 is 40.7. The molecule has 31 heavy (non-hydrogen) atoms. The maximum absolute atomic E-state index is 12.3. The molecule has 0 fully saturated rings. The van der Waals surface area contributed by atoms with E-state index in [1.54, 1.807) is 6.07 Å². The molecule has 1 aliphatic rings. The molecule has 2 aromatic carbocycles. The number of ether oxygens (including phenoxy) is 1. The molecule has 0 bridgehead atoms. The van der Waals surface area contributed by atoms with E-state index in [2.05, 4.69) is 27.9 Å². The van der Waals surface area contributed by atoms with Gasteiger partial charge in [0.15, 0.2) is 11.5 Å². The predicted octanol–water partition coefficient (Wildman–Crippen LogP) is 5.08. The lowest BCUT2D eigenvalue weighted by atomic mass is 10.0. The van der Waals surface area contributed by atoms with Crippen molar-refractivity contribution in [3.8, 4) is 11.5 Å². The molecule has 8 heteroatoms. The Morgan fingerprint density at radius 2 is 1.71 bits per heavy atom. The van der Waals surface area contributed by atoms with Crippen molar-refractivity contribution in [3.05, 3.63) is 72.3 Å². The first-order chi connectivity index (χ1) is 14.9. The van der Waals surface area contributed by atoms with Gasteiger partial charge in [-0.15, -0.1) is 0 Å². The van der Waals surface area contributed by atoms with E-state index in [-0.39, 0.29) is 18.3 Å². The fourth-order valence-corrected chi connectivity index (χ4v) is 4.83. The van der Waals surface area contributed by atoms with Crippen molar-refractivity contribution in [3.63, 3.8) is 0 Å². The Labute approximate surface area is 182 Å². The normalized spacial score (nSPS) is 14.9. The van der Waals surface area contributed by atoms with E-state index in [1.807, 2.05) is 43.3 Å². The van der Waals surface area contributed by atoms with Gasteiger partial charge in [0.05, 0.1) is 11.4 Å². The smallest absolute Gasteiger partial charge is 0.275 e. The molecule has 162 valence electrons. The van der Waals surface area contributed by atoms with E-state index >= 15 is 0 Å². The molecule has 0 saturated heterocycles. The fraction of sp³-hybridized carbons (Fsp3) is 0.304. The summed E-state index contributed by atoms with van der Waals surface area (Å²) in [5, 5.41) is -1.23. The van der Waals surface area contributed by atoms with Gasteiger partial charge in [-0.25, -0.2) is 9.97 Å². The van der Waals surface area contributed by atoms with Crippen LogP contribution in [-0.4, -0.2) is 29.0 Å². The average molecular weight is 440 g/mol. The summed E-state index contributed by atoms with van der Waals surface area (Å²) in [5.41, 5.74) is 2.89. The minimum atomic E-state index is -4.41. The van der Waals surface area contributed by atoms with Crippen LogP contribution in [0.3, 0.4) is 0 Å². The lowest BCUT2D eigenvalue weighted by Crippen LogP contribution is -2.35. The van der Waals surface area contributed by atoms with Gasteiger partial charge in [0.25, 0.3) is 10.1 Å². The van der Waals surface area contributed by atoms with E-state index < -0.39 is 15.4 Å². The molecule has 2 atom stereocenters. The van der Waals surface area contributed by atoms with Gasteiger partial charge in [-0.3, -0.25) is 4.55 Å². The first kappa shape index (κ1) is 21.3. The van der Waals surface area contributed by atoms with Crippen molar-refractivity contribution in [2.24, 2.45) is 0 Å². The molecule has 0 radical (unpaired) electrons. The van der Waals surface area contributed by atoms with Crippen LogP contribution >= 0.6 is 0 Å². The van der Waals surface area contributed by atoms with E-state index in [9.17, 15) is 13.0 Å². The zero-order valence-corrected chi connectivity index (χ0v) is 18.3. The summed E-state index contributed by atoms with van der Waals surface area (Å²) in [6.07, 6.45) is 4.60. The molecule has 3 aromatic rings. The van der Waals surface area contributed by atoms with E-state index in [1.165, 1.54) is 12.4 Å². The summed E-state index contributed by atoms with van der Waals surface area (Å²) in [6.45, 7) is 4.08. The Balaban J connectivity index is 1.81. The fourth-order valence-electron chi connectivity index (χ4n) is 3.98. The van der Waals surface area contributed by atoms with Gasteiger partial charge in [-0.05, 0) is 55.2 Å². The molecule has 1 aliphatic heterocycles. The average Bonchev–Trinajstić information content (AvgIpc) is 2.78. The van der Waals surface area contributed by atoms with Crippen molar-refractivity contribution in [2.45, 2.75) is 44.4 Å². The van der Waals surface area contributed by atoms with Crippen molar-refractivity contribution in [2.75, 3.05) is 4.90 Å². The first-order valence-corrected chi connectivity index (χ1v) is 11.8. The highest BCUT2D eigenvalue weighted by molar-refractivity contribution is 7.86. The number of para-hydroxylation sites is 2. The van der Waals surface area contributed by atoms with Gasteiger partial charge >= 0.3 is 0 Å². The summed E-state index contributed by atoms with van der Waals surface area (Å²) in [6, 6.07) is 15.1. The van der Waals surface area contributed by atoms with Crippen LogP contribution in [0.15, 0.2) is 60.9 Å². The number of aryl methyl sites for hydroxylation is 1. The van der Waals surface area contributed by atoms with Gasteiger partial charge in [0.2, 0.25) is 0 Å². The topological polar surface area (TPSA) is 92.6 Å². The van der Waals surface area contributed by atoms with Crippen LogP contribution in [0.4, 0.5) is 11.4 Å². The number of benzene rings is 2. The number of hydrogen-bond donors (Lipinski definition) is 1. The van der Waals surface area contributed by atoms with Crippen molar-refractivity contribution in [1.82, 2.24) is 9.97 Å². The highest BCUT2D eigenvalue weighted by Gasteiger charge is 2.36. The van der Waals surface area contributed by atoms with Crippen LogP contribution in [0.25, 0.3) is 0 Å². The summed E-state index contributed by atoms with van der Waals surface area (Å²) >= 11 is 0. The molecule has 1 N–H and O–H groups in total. The van der Waals surface area contributed by atoms with Crippen molar-refractivity contribution in [1.29, 1.82) is 0 Å². The third-order valence-corrected chi connectivity index (χ3v) is 6.71. The monoisotopic (exact) mass is 439 g/mol. The van der Waals surface area contributed by atoms with Crippen LogP contribution in [0.5, 0.6) is 11.5 Å². The molecule has 2 heterocycles. The molecule has 4 rings (SSSR count). The van der Waals surface area contributed by atoms with Crippen molar-refractivity contribution < 1.29 is 17.7 Å². The number of anilines is 2. The quantitative estimate of drug-likeness (QED) is 0.513. The minimum Gasteiger partial charge on any atom is -0.453 e. The molecule has 7 nitrogen and oxygen atoms in total. The Morgan fingerprint density at radius 3 is 2.39 bits per heavy atom. The van der Waals surface area contributed by atoms with E-state index in [0.717, 1.165) is 23.4 Å². The zero-order valence-electron chi connectivity index (χ0n) is 17.5. The second kappa shape index (κ2) is 8.64. The molecular weight excluding hydrogens is 414 g/mol. The molecule has 2 unspecified atom stereocenters. The lowest BCUT2D eigenvalue weighted by Gasteiger charge is -2.39. The highest BCUT2D eigenvalue weighted by Crippen LogP contribution is 2.49. The van der Waals surface area contributed by atoms with Crippen LogP contribution in [-0.2, 0) is 16.5 Å². The highest BCUT2D eigenvalue weighted by atomic mass is 32.2. The lowest BCUT2D eigenvalue weighted by molar-refractivity contribution is 0.437. The number of nitrogens with zero attached hydrogens (tertiary/aromatic N) is 3.